The quantitative estimate of drug-likeness (QED) is 0.490. The summed E-state index contributed by atoms with van der Waals surface area (Å²) in [5.41, 5.74) is 1.42. The van der Waals surface area contributed by atoms with Gasteiger partial charge in [0.25, 0.3) is 5.70 Å². The van der Waals surface area contributed by atoms with Crippen molar-refractivity contribution < 1.29 is 9.11 Å². The lowest BCUT2D eigenvalue weighted by Crippen LogP contribution is -2.31. The number of likely N-dealkylation sites (tertiary alicyclic amines) is 1. The number of allylic oxidation sites excluding steroid dienone is 1. The van der Waals surface area contributed by atoms with Crippen LogP contribution in [0, 0.1) is 10.1 Å². The fraction of sp³-hybridized carbons (Fsp3) is 0.412. The summed E-state index contributed by atoms with van der Waals surface area (Å²) in [4.78, 5) is 12.8. The Kier molecular flexibility index (Phi) is 5.35. The van der Waals surface area contributed by atoms with Crippen molar-refractivity contribution in [1.82, 2.24) is 4.90 Å². The standard InChI is InChI=1S/C17H22N2O3S/c20-19(21)16-9-13-23(14-16)22-17-6-4-15(5-7-17)8-12-18-10-2-1-3-11-18/h4-7,9,13-14,23H,1-3,8,10-12H2. The van der Waals surface area contributed by atoms with Crippen LogP contribution in [-0.2, 0) is 6.42 Å². The molecule has 0 aliphatic carbocycles. The second kappa shape index (κ2) is 7.66. The second-order valence-corrected chi connectivity index (χ2v) is 7.33. The molecule has 23 heavy (non-hydrogen) atoms. The summed E-state index contributed by atoms with van der Waals surface area (Å²) in [7, 11) is 0. The van der Waals surface area contributed by atoms with Gasteiger partial charge in [-0.2, -0.15) is 0 Å². The Labute approximate surface area is 139 Å². The third-order valence-electron chi connectivity index (χ3n) is 4.16. The van der Waals surface area contributed by atoms with Crippen LogP contribution in [0.5, 0.6) is 5.75 Å². The van der Waals surface area contributed by atoms with E-state index in [0.29, 0.717) is 0 Å². The zero-order valence-corrected chi connectivity index (χ0v) is 14.0. The van der Waals surface area contributed by atoms with Gasteiger partial charge in [-0.05, 0) is 55.5 Å². The summed E-state index contributed by atoms with van der Waals surface area (Å²) < 4.78 is 5.79. The first-order valence-electron chi connectivity index (χ1n) is 8.03. The van der Waals surface area contributed by atoms with Crippen LogP contribution >= 0.6 is 11.2 Å². The molecule has 0 radical (unpaired) electrons. The predicted octanol–water partition coefficient (Wildman–Crippen LogP) is 3.66. The molecule has 1 aromatic carbocycles. The van der Waals surface area contributed by atoms with Crippen LogP contribution < -0.4 is 4.18 Å². The van der Waals surface area contributed by atoms with Gasteiger partial charge >= 0.3 is 0 Å². The molecule has 2 aliphatic heterocycles. The van der Waals surface area contributed by atoms with E-state index < -0.39 is 11.2 Å². The summed E-state index contributed by atoms with van der Waals surface area (Å²) in [6.07, 6.45) is 6.58. The number of hydrogen-bond acceptors (Lipinski definition) is 4. The van der Waals surface area contributed by atoms with Gasteiger partial charge in [0.2, 0.25) is 0 Å². The van der Waals surface area contributed by atoms with Crippen LogP contribution in [0.3, 0.4) is 0 Å². The molecule has 124 valence electrons. The molecule has 1 fully saturated rings. The maximum absolute atomic E-state index is 10.7. The van der Waals surface area contributed by atoms with Gasteiger partial charge in [-0.15, -0.1) is 0 Å². The molecular formula is C17H22N2O3S. The highest BCUT2D eigenvalue weighted by Crippen LogP contribution is 2.38. The monoisotopic (exact) mass is 334 g/mol. The molecule has 3 rings (SSSR count). The summed E-state index contributed by atoms with van der Waals surface area (Å²) in [6, 6.07) is 8.10. The molecule has 2 aliphatic rings. The first-order chi connectivity index (χ1) is 11.2. The fourth-order valence-electron chi connectivity index (χ4n) is 2.84. The lowest BCUT2D eigenvalue weighted by atomic mass is 10.1. The summed E-state index contributed by atoms with van der Waals surface area (Å²) >= 11 is -1.01. The van der Waals surface area contributed by atoms with Crippen molar-refractivity contribution in [2.24, 2.45) is 0 Å². The lowest BCUT2D eigenvalue weighted by molar-refractivity contribution is -0.418. The molecule has 5 nitrogen and oxygen atoms in total. The summed E-state index contributed by atoms with van der Waals surface area (Å²) in [5, 5.41) is 14.0. The van der Waals surface area contributed by atoms with E-state index in [0.717, 1.165) is 18.7 Å². The minimum absolute atomic E-state index is 0.120. The Hall–Kier alpha value is -1.79. The van der Waals surface area contributed by atoms with Crippen molar-refractivity contribution in [3.05, 3.63) is 62.5 Å². The second-order valence-electron chi connectivity index (χ2n) is 5.87. The largest absolute Gasteiger partial charge is 0.444 e. The number of hydrogen-bond donors (Lipinski definition) is 1. The summed E-state index contributed by atoms with van der Waals surface area (Å²) in [5.74, 6) is 0.767. The van der Waals surface area contributed by atoms with E-state index in [1.807, 2.05) is 12.1 Å². The highest BCUT2D eigenvalue weighted by molar-refractivity contribution is 8.18. The van der Waals surface area contributed by atoms with Gasteiger partial charge in [0, 0.05) is 12.6 Å². The van der Waals surface area contributed by atoms with E-state index in [1.165, 1.54) is 44.0 Å². The maximum atomic E-state index is 10.7. The Balaban J connectivity index is 1.49. The molecule has 0 aromatic heterocycles. The average molecular weight is 334 g/mol. The minimum Gasteiger partial charge on any atom is -0.444 e. The van der Waals surface area contributed by atoms with E-state index in [-0.39, 0.29) is 10.6 Å². The zero-order valence-electron chi connectivity index (χ0n) is 13.1. The molecule has 1 unspecified atom stereocenters. The highest BCUT2D eigenvalue weighted by atomic mass is 32.2. The van der Waals surface area contributed by atoms with Crippen LogP contribution in [0.25, 0.3) is 0 Å². The van der Waals surface area contributed by atoms with Crippen LogP contribution in [0.4, 0.5) is 0 Å². The van der Waals surface area contributed by atoms with Crippen molar-refractivity contribution in [2.45, 2.75) is 25.7 Å². The number of benzene rings is 1. The Morgan fingerprint density at radius 3 is 2.57 bits per heavy atom. The maximum Gasteiger partial charge on any atom is 0.277 e. The van der Waals surface area contributed by atoms with Crippen molar-refractivity contribution in [1.29, 1.82) is 0 Å². The molecule has 0 N–H and O–H groups in total. The number of nitrogens with zero attached hydrogens (tertiary/aromatic N) is 2. The predicted molar refractivity (Wildman–Crippen MR) is 94.3 cm³/mol. The molecule has 6 heteroatoms. The Morgan fingerprint density at radius 1 is 1.17 bits per heavy atom. The minimum atomic E-state index is -1.01. The van der Waals surface area contributed by atoms with Crippen LogP contribution in [0.1, 0.15) is 24.8 Å². The van der Waals surface area contributed by atoms with Crippen LogP contribution in [0.2, 0.25) is 0 Å². The molecule has 0 saturated carbocycles. The Morgan fingerprint density at radius 2 is 1.91 bits per heavy atom. The van der Waals surface area contributed by atoms with Gasteiger partial charge in [0.15, 0.2) is 0 Å². The lowest BCUT2D eigenvalue weighted by Gasteiger charge is -2.26. The third-order valence-corrected chi connectivity index (χ3v) is 5.55. The first kappa shape index (κ1) is 16.1. The average Bonchev–Trinajstić information content (AvgIpc) is 3.04. The van der Waals surface area contributed by atoms with Gasteiger partial charge < -0.3 is 9.08 Å². The molecular weight excluding hydrogens is 312 g/mol. The molecule has 0 amide bonds. The van der Waals surface area contributed by atoms with Gasteiger partial charge in [0.05, 0.1) is 10.3 Å². The molecule has 0 bridgehead atoms. The van der Waals surface area contributed by atoms with Gasteiger partial charge in [-0.3, -0.25) is 10.1 Å². The van der Waals surface area contributed by atoms with Crippen molar-refractivity contribution in [2.75, 3.05) is 19.6 Å². The molecule has 1 atom stereocenters. The van der Waals surface area contributed by atoms with Gasteiger partial charge in [-0.25, -0.2) is 0 Å². The number of rotatable bonds is 6. The summed E-state index contributed by atoms with van der Waals surface area (Å²) in [6.45, 7) is 3.57. The van der Waals surface area contributed by atoms with E-state index >= 15 is 0 Å². The smallest absolute Gasteiger partial charge is 0.277 e. The normalized spacial score (nSPS) is 22.8. The van der Waals surface area contributed by atoms with E-state index in [2.05, 4.69) is 17.0 Å². The molecule has 1 saturated heterocycles. The SMILES string of the molecule is O=[N+]([O-])C1=C[SH](Oc2ccc(CCN3CCCCC3)cc2)C=C1. The number of thiol groups is 1. The van der Waals surface area contributed by atoms with E-state index in [9.17, 15) is 10.1 Å². The molecule has 2 heterocycles. The highest BCUT2D eigenvalue weighted by Gasteiger charge is 2.16. The van der Waals surface area contributed by atoms with Crippen molar-refractivity contribution in [3.8, 4) is 5.75 Å². The van der Waals surface area contributed by atoms with Crippen LogP contribution in [0.15, 0.2) is 46.9 Å². The fourth-order valence-corrected chi connectivity index (χ4v) is 4.15. The van der Waals surface area contributed by atoms with Gasteiger partial charge in [0.1, 0.15) is 5.75 Å². The molecule has 0 spiro atoms. The van der Waals surface area contributed by atoms with E-state index in [4.69, 9.17) is 4.18 Å². The van der Waals surface area contributed by atoms with Crippen molar-refractivity contribution in [3.63, 3.8) is 0 Å². The first-order valence-corrected chi connectivity index (χ1v) is 9.42. The van der Waals surface area contributed by atoms with Crippen molar-refractivity contribution >= 4 is 11.2 Å². The topological polar surface area (TPSA) is 55.6 Å². The third kappa shape index (κ3) is 4.59. The van der Waals surface area contributed by atoms with Gasteiger partial charge in [-0.1, -0.05) is 29.7 Å². The number of nitro groups is 1. The number of piperidine rings is 1. The molecule has 1 aromatic rings. The van der Waals surface area contributed by atoms with Crippen LogP contribution in [-0.4, -0.2) is 29.5 Å². The Bertz CT molecular complexity index is 607. The zero-order chi connectivity index (χ0) is 16.1. The van der Waals surface area contributed by atoms with E-state index in [1.54, 1.807) is 10.8 Å².